The minimum Gasteiger partial charge on any atom is -0.340 e. The third-order valence-electron chi connectivity index (χ3n) is 3.21. The van der Waals surface area contributed by atoms with Crippen LogP contribution in [0.3, 0.4) is 0 Å². The summed E-state index contributed by atoms with van der Waals surface area (Å²) in [5.41, 5.74) is 1.06. The van der Waals surface area contributed by atoms with Crippen LogP contribution in [-0.4, -0.2) is 49.1 Å². The van der Waals surface area contributed by atoms with Crippen molar-refractivity contribution in [1.29, 1.82) is 0 Å². The molecule has 1 aromatic carbocycles. The van der Waals surface area contributed by atoms with Crippen LogP contribution in [0.5, 0.6) is 0 Å². The quantitative estimate of drug-likeness (QED) is 0.840. The summed E-state index contributed by atoms with van der Waals surface area (Å²) in [4.78, 5) is 13.8. The number of amides is 1. The molecule has 1 amide bonds. The highest BCUT2D eigenvalue weighted by Gasteiger charge is 2.28. The number of sulfone groups is 1. The van der Waals surface area contributed by atoms with Gasteiger partial charge in [0.25, 0.3) is 0 Å². The van der Waals surface area contributed by atoms with Crippen molar-refractivity contribution in [3.05, 3.63) is 35.9 Å². The van der Waals surface area contributed by atoms with Crippen LogP contribution in [0, 0.1) is 0 Å². The van der Waals surface area contributed by atoms with Gasteiger partial charge >= 0.3 is 0 Å². The highest BCUT2D eigenvalue weighted by Crippen LogP contribution is 2.13. The summed E-state index contributed by atoms with van der Waals surface area (Å²) < 4.78 is 22.6. The summed E-state index contributed by atoms with van der Waals surface area (Å²) in [5.74, 6) is 0.0388. The van der Waals surface area contributed by atoms with Gasteiger partial charge < -0.3 is 4.90 Å². The third-order valence-corrected chi connectivity index (χ3v) is 5.23. The van der Waals surface area contributed by atoms with Crippen LogP contribution in [0.15, 0.2) is 30.3 Å². The lowest BCUT2D eigenvalue weighted by atomic mass is 10.1. The van der Waals surface area contributed by atoms with Crippen LogP contribution < -0.4 is 0 Å². The number of thiol groups is 1. The van der Waals surface area contributed by atoms with Crippen LogP contribution in [-0.2, 0) is 21.1 Å². The summed E-state index contributed by atoms with van der Waals surface area (Å²) in [6.45, 7) is 0.569. The van der Waals surface area contributed by atoms with Crippen molar-refractivity contribution in [2.24, 2.45) is 0 Å². The fourth-order valence-corrected chi connectivity index (χ4v) is 3.64. The zero-order valence-corrected chi connectivity index (χ0v) is 12.2. The van der Waals surface area contributed by atoms with Crippen molar-refractivity contribution in [3.8, 4) is 0 Å². The van der Waals surface area contributed by atoms with Gasteiger partial charge in [-0.1, -0.05) is 30.3 Å². The molecule has 0 radical (unpaired) electrons. The van der Waals surface area contributed by atoms with Crippen LogP contribution >= 0.6 is 12.6 Å². The molecule has 1 atom stereocenters. The van der Waals surface area contributed by atoms with Crippen LogP contribution in [0.1, 0.15) is 5.56 Å². The van der Waals surface area contributed by atoms with E-state index < -0.39 is 15.1 Å². The minimum atomic E-state index is -2.95. The van der Waals surface area contributed by atoms with E-state index in [1.807, 2.05) is 30.3 Å². The van der Waals surface area contributed by atoms with Gasteiger partial charge in [-0.3, -0.25) is 4.79 Å². The SMILES string of the molecule is O=C(C(S)Cc1ccccc1)N1CCS(=O)(=O)CC1. The number of rotatable bonds is 3. The van der Waals surface area contributed by atoms with E-state index in [9.17, 15) is 13.2 Å². The van der Waals surface area contributed by atoms with E-state index in [1.54, 1.807) is 4.90 Å². The molecule has 1 aromatic rings. The smallest absolute Gasteiger partial charge is 0.235 e. The fraction of sp³-hybridized carbons (Fsp3) is 0.462. The van der Waals surface area contributed by atoms with E-state index in [0.717, 1.165) is 5.56 Å². The number of hydrogen-bond donors (Lipinski definition) is 1. The lowest BCUT2D eigenvalue weighted by Gasteiger charge is -2.28. The van der Waals surface area contributed by atoms with Crippen molar-refractivity contribution in [3.63, 3.8) is 0 Å². The molecule has 104 valence electrons. The lowest BCUT2D eigenvalue weighted by molar-refractivity contribution is -0.130. The number of nitrogens with zero attached hydrogens (tertiary/aromatic N) is 1. The van der Waals surface area contributed by atoms with Gasteiger partial charge in [0, 0.05) is 13.1 Å². The molecule has 1 unspecified atom stereocenters. The average Bonchev–Trinajstić information content (AvgIpc) is 2.39. The lowest BCUT2D eigenvalue weighted by Crippen LogP contribution is -2.47. The summed E-state index contributed by atoms with van der Waals surface area (Å²) in [5, 5.41) is -0.414. The summed E-state index contributed by atoms with van der Waals surface area (Å²) in [7, 11) is -2.95. The Hall–Kier alpha value is -1.01. The van der Waals surface area contributed by atoms with Gasteiger partial charge in [-0.15, -0.1) is 0 Å². The maximum Gasteiger partial charge on any atom is 0.235 e. The topological polar surface area (TPSA) is 54.5 Å². The Kier molecular flexibility index (Phi) is 4.52. The molecular formula is C13H17NO3S2. The largest absolute Gasteiger partial charge is 0.340 e. The van der Waals surface area contributed by atoms with Gasteiger partial charge in [0.05, 0.1) is 16.8 Å². The highest BCUT2D eigenvalue weighted by atomic mass is 32.2. The number of hydrogen-bond acceptors (Lipinski definition) is 4. The zero-order valence-electron chi connectivity index (χ0n) is 10.5. The Morgan fingerprint density at radius 1 is 1.21 bits per heavy atom. The first-order valence-corrected chi connectivity index (χ1v) is 8.53. The molecule has 0 aliphatic carbocycles. The first-order valence-electron chi connectivity index (χ1n) is 6.19. The van der Waals surface area contributed by atoms with Crippen LogP contribution in [0.2, 0.25) is 0 Å². The van der Waals surface area contributed by atoms with Gasteiger partial charge in [0.2, 0.25) is 5.91 Å². The van der Waals surface area contributed by atoms with Gasteiger partial charge in [-0.25, -0.2) is 8.42 Å². The molecule has 6 heteroatoms. The van der Waals surface area contributed by atoms with E-state index in [-0.39, 0.29) is 30.5 Å². The van der Waals surface area contributed by atoms with Crippen LogP contribution in [0.4, 0.5) is 0 Å². The van der Waals surface area contributed by atoms with Crippen molar-refractivity contribution in [1.82, 2.24) is 4.90 Å². The second kappa shape index (κ2) is 5.96. The maximum absolute atomic E-state index is 12.2. The van der Waals surface area contributed by atoms with Gasteiger partial charge in [-0.2, -0.15) is 12.6 Å². The maximum atomic E-state index is 12.2. The first kappa shape index (κ1) is 14.4. The molecule has 1 heterocycles. The molecule has 0 N–H and O–H groups in total. The molecule has 4 nitrogen and oxygen atoms in total. The molecule has 0 saturated carbocycles. The normalized spacial score (nSPS) is 19.9. The van der Waals surface area contributed by atoms with Gasteiger partial charge in [-0.05, 0) is 12.0 Å². The fourth-order valence-electron chi connectivity index (χ4n) is 2.07. The number of benzene rings is 1. The molecule has 1 aliphatic rings. The van der Waals surface area contributed by atoms with Gasteiger partial charge in [0.1, 0.15) is 0 Å². The van der Waals surface area contributed by atoms with Crippen molar-refractivity contribution >= 4 is 28.4 Å². The number of carbonyl (C=O) groups is 1. The van der Waals surface area contributed by atoms with E-state index in [1.165, 1.54) is 0 Å². The number of carbonyl (C=O) groups excluding carboxylic acids is 1. The summed E-state index contributed by atoms with van der Waals surface area (Å²) in [6, 6.07) is 9.68. The van der Waals surface area contributed by atoms with Crippen molar-refractivity contribution in [2.45, 2.75) is 11.7 Å². The molecule has 0 bridgehead atoms. The monoisotopic (exact) mass is 299 g/mol. The standard InChI is InChI=1S/C13H17NO3S2/c15-13(14-6-8-19(16,17)9-7-14)12(18)10-11-4-2-1-3-5-11/h1-5,12,18H,6-10H2. The molecular weight excluding hydrogens is 282 g/mol. The second-order valence-electron chi connectivity index (χ2n) is 4.68. The predicted molar refractivity (Wildman–Crippen MR) is 78.2 cm³/mol. The second-order valence-corrected chi connectivity index (χ2v) is 7.61. The Labute approximate surface area is 119 Å². The van der Waals surface area contributed by atoms with Crippen LogP contribution in [0.25, 0.3) is 0 Å². The molecule has 1 aliphatic heterocycles. The minimum absolute atomic E-state index is 0.0601. The molecule has 1 saturated heterocycles. The van der Waals surface area contributed by atoms with Gasteiger partial charge in [0.15, 0.2) is 9.84 Å². The van der Waals surface area contributed by atoms with Crippen molar-refractivity contribution in [2.75, 3.05) is 24.6 Å². The highest BCUT2D eigenvalue weighted by molar-refractivity contribution is 7.91. The Bertz CT molecular complexity index is 528. The predicted octanol–water partition coefficient (Wildman–Crippen LogP) is 0.784. The average molecular weight is 299 g/mol. The van der Waals surface area contributed by atoms with E-state index >= 15 is 0 Å². The molecule has 0 aromatic heterocycles. The summed E-state index contributed by atoms with van der Waals surface area (Å²) >= 11 is 4.35. The third kappa shape index (κ3) is 3.98. The summed E-state index contributed by atoms with van der Waals surface area (Å²) in [6.07, 6.45) is 0.562. The Balaban J connectivity index is 1.93. The molecule has 19 heavy (non-hydrogen) atoms. The molecule has 2 rings (SSSR count). The zero-order chi connectivity index (χ0) is 13.9. The van der Waals surface area contributed by atoms with E-state index in [2.05, 4.69) is 12.6 Å². The first-order chi connectivity index (χ1) is 8.98. The molecule has 1 fully saturated rings. The Morgan fingerprint density at radius 3 is 2.37 bits per heavy atom. The van der Waals surface area contributed by atoms with E-state index in [4.69, 9.17) is 0 Å². The Morgan fingerprint density at radius 2 is 1.79 bits per heavy atom. The molecule has 0 spiro atoms. The van der Waals surface area contributed by atoms with Crippen molar-refractivity contribution < 1.29 is 13.2 Å². The van der Waals surface area contributed by atoms with E-state index in [0.29, 0.717) is 6.42 Å².